The third-order valence-electron chi connectivity index (χ3n) is 3.95. The Morgan fingerprint density at radius 3 is 2.96 bits per heavy atom. The summed E-state index contributed by atoms with van der Waals surface area (Å²) < 4.78 is 0. The van der Waals surface area contributed by atoms with Crippen LogP contribution in [0.25, 0.3) is 0 Å². The highest BCUT2D eigenvalue weighted by Gasteiger charge is 2.31. The highest BCUT2D eigenvalue weighted by Crippen LogP contribution is 2.38. The van der Waals surface area contributed by atoms with E-state index in [-0.39, 0.29) is 11.9 Å². The van der Waals surface area contributed by atoms with Crippen LogP contribution in [0.2, 0.25) is 10.0 Å². The number of aryl methyl sites for hydroxylation is 1. The van der Waals surface area contributed by atoms with Gasteiger partial charge in [0.1, 0.15) is 5.01 Å². The third kappa shape index (κ3) is 3.59. The van der Waals surface area contributed by atoms with Crippen LogP contribution in [0.15, 0.2) is 18.2 Å². The second-order valence-corrected chi connectivity index (χ2v) is 7.30. The van der Waals surface area contributed by atoms with E-state index in [9.17, 15) is 4.79 Å². The predicted molar refractivity (Wildman–Crippen MR) is 92.8 cm³/mol. The van der Waals surface area contributed by atoms with Gasteiger partial charge in [-0.05, 0) is 24.5 Å². The molecule has 2 heterocycles. The minimum Gasteiger partial charge on any atom is -0.374 e. The summed E-state index contributed by atoms with van der Waals surface area (Å²) in [6, 6.07) is 5.56. The van der Waals surface area contributed by atoms with Gasteiger partial charge in [0, 0.05) is 19.4 Å². The number of carbonyl (C=O) groups excluding carboxylic acids is 1. The van der Waals surface area contributed by atoms with Crippen molar-refractivity contribution in [1.29, 1.82) is 0 Å². The van der Waals surface area contributed by atoms with Gasteiger partial charge >= 0.3 is 0 Å². The molecule has 122 valence electrons. The van der Waals surface area contributed by atoms with Gasteiger partial charge in [-0.15, -0.1) is 10.2 Å². The molecule has 1 atom stereocenters. The number of rotatable bonds is 4. The Bertz CT molecular complexity index is 721. The van der Waals surface area contributed by atoms with Crippen molar-refractivity contribution in [2.75, 3.05) is 12.3 Å². The normalized spacial score (nSPS) is 17.7. The average Bonchev–Trinajstić information content (AvgIpc) is 3.16. The number of aromatic nitrogens is 2. The number of hydrogen-bond acceptors (Lipinski definition) is 5. The summed E-state index contributed by atoms with van der Waals surface area (Å²) >= 11 is 13.7. The van der Waals surface area contributed by atoms with Crippen molar-refractivity contribution in [3.05, 3.63) is 38.8 Å². The lowest BCUT2D eigenvalue weighted by molar-refractivity contribution is -0.132. The number of likely N-dealkylation sites (tertiary alicyclic amines) is 1. The summed E-state index contributed by atoms with van der Waals surface area (Å²) in [5, 5.41) is 9.99. The first-order chi connectivity index (χ1) is 11.1. The van der Waals surface area contributed by atoms with Crippen LogP contribution in [0.4, 0.5) is 5.13 Å². The number of halogens is 2. The summed E-state index contributed by atoms with van der Waals surface area (Å²) in [5.41, 5.74) is 6.48. The van der Waals surface area contributed by atoms with Crippen LogP contribution >= 0.6 is 34.5 Å². The zero-order chi connectivity index (χ0) is 16.4. The molecule has 0 bridgehead atoms. The van der Waals surface area contributed by atoms with Gasteiger partial charge in [-0.25, -0.2) is 0 Å². The summed E-state index contributed by atoms with van der Waals surface area (Å²) in [6.45, 7) is 0.741. The molecule has 1 aromatic heterocycles. The minimum absolute atomic E-state index is 0.00631. The molecule has 1 aliphatic heterocycles. The molecule has 1 saturated heterocycles. The number of amides is 1. The van der Waals surface area contributed by atoms with E-state index in [1.54, 1.807) is 6.07 Å². The average molecular weight is 371 g/mol. The summed E-state index contributed by atoms with van der Waals surface area (Å²) in [7, 11) is 0. The molecular weight excluding hydrogens is 355 g/mol. The Morgan fingerprint density at radius 2 is 2.22 bits per heavy atom. The maximum Gasteiger partial charge on any atom is 0.223 e. The van der Waals surface area contributed by atoms with Crippen molar-refractivity contribution in [3.63, 3.8) is 0 Å². The Labute approximate surface area is 148 Å². The van der Waals surface area contributed by atoms with E-state index in [4.69, 9.17) is 28.9 Å². The number of nitrogen functional groups attached to an aromatic ring is 1. The largest absolute Gasteiger partial charge is 0.374 e. The van der Waals surface area contributed by atoms with Crippen LogP contribution in [0, 0.1) is 0 Å². The summed E-state index contributed by atoms with van der Waals surface area (Å²) in [6.07, 6.45) is 2.81. The molecule has 8 heteroatoms. The maximum absolute atomic E-state index is 12.6. The van der Waals surface area contributed by atoms with Crippen molar-refractivity contribution in [2.24, 2.45) is 0 Å². The van der Waals surface area contributed by atoms with Crippen LogP contribution in [0.5, 0.6) is 0 Å². The van der Waals surface area contributed by atoms with E-state index >= 15 is 0 Å². The van der Waals surface area contributed by atoms with Gasteiger partial charge in [0.2, 0.25) is 11.0 Å². The molecular formula is C15H16Cl2N4OS. The standard InChI is InChI=1S/C15H16Cl2N4OS/c16-10-4-1-3-9(14(10)17)11-5-2-8-21(11)13(22)7-6-12-19-20-15(18)23-12/h1,3-4,11H,2,5-8H2,(H2,18,20). The highest BCUT2D eigenvalue weighted by molar-refractivity contribution is 7.15. The van der Waals surface area contributed by atoms with Crippen LogP contribution in [0.1, 0.15) is 35.9 Å². The van der Waals surface area contributed by atoms with Gasteiger partial charge in [-0.2, -0.15) is 0 Å². The smallest absolute Gasteiger partial charge is 0.223 e. The quantitative estimate of drug-likeness (QED) is 0.889. The van der Waals surface area contributed by atoms with Gasteiger partial charge in [0.05, 0.1) is 16.1 Å². The number of nitrogens with zero attached hydrogens (tertiary/aromatic N) is 3. The van der Waals surface area contributed by atoms with Crippen LogP contribution in [0.3, 0.4) is 0 Å². The van der Waals surface area contributed by atoms with Crippen LogP contribution < -0.4 is 5.73 Å². The molecule has 1 aromatic carbocycles. The first kappa shape index (κ1) is 16.5. The predicted octanol–water partition coefficient (Wildman–Crippen LogP) is 3.72. The summed E-state index contributed by atoms with van der Waals surface area (Å²) in [4.78, 5) is 14.5. The Kier molecular flexibility index (Phi) is 5.04. The van der Waals surface area contributed by atoms with Gasteiger partial charge in [-0.1, -0.05) is 46.7 Å². The molecule has 0 radical (unpaired) electrons. The topological polar surface area (TPSA) is 72.1 Å². The van der Waals surface area contributed by atoms with Crippen molar-refractivity contribution in [3.8, 4) is 0 Å². The van der Waals surface area contributed by atoms with E-state index < -0.39 is 0 Å². The summed E-state index contributed by atoms with van der Waals surface area (Å²) in [5.74, 6) is 0.0947. The van der Waals surface area contributed by atoms with Crippen LogP contribution in [-0.2, 0) is 11.2 Å². The number of nitrogens with two attached hydrogens (primary N) is 1. The van der Waals surface area contributed by atoms with E-state index in [1.807, 2.05) is 17.0 Å². The van der Waals surface area contributed by atoms with E-state index in [1.165, 1.54) is 11.3 Å². The lowest BCUT2D eigenvalue weighted by Crippen LogP contribution is -2.30. The monoisotopic (exact) mass is 370 g/mol. The van der Waals surface area contributed by atoms with E-state index in [0.29, 0.717) is 28.0 Å². The first-order valence-electron chi connectivity index (χ1n) is 7.37. The van der Waals surface area contributed by atoms with Crippen molar-refractivity contribution in [2.45, 2.75) is 31.7 Å². The third-order valence-corrected chi connectivity index (χ3v) is 5.59. The van der Waals surface area contributed by atoms with Crippen molar-refractivity contribution in [1.82, 2.24) is 15.1 Å². The second kappa shape index (κ2) is 7.03. The zero-order valence-corrected chi connectivity index (χ0v) is 14.7. The fourth-order valence-corrected chi connectivity index (χ4v) is 3.93. The Hall–Kier alpha value is -1.37. The highest BCUT2D eigenvalue weighted by atomic mass is 35.5. The molecule has 1 amide bonds. The molecule has 0 spiro atoms. The lowest BCUT2D eigenvalue weighted by Gasteiger charge is -2.26. The number of carbonyl (C=O) groups is 1. The fraction of sp³-hybridized carbons (Fsp3) is 0.400. The van der Waals surface area contributed by atoms with Crippen molar-refractivity contribution < 1.29 is 4.79 Å². The van der Waals surface area contributed by atoms with Gasteiger partial charge in [0.25, 0.3) is 0 Å². The zero-order valence-electron chi connectivity index (χ0n) is 12.3. The molecule has 1 aliphatic rings. The van der Waals surface area contributed by atoms with Gasteiger partial charge in [-0.3, -0.25) is 4.79 Å². The number of hydrogen-bond donors (Lipinski definition) is 1. The fourth-order valence-electron chi connectivity index (χ4n) is 2.89. The number of anilines is 1. The Morgan fingerprint density at radius 1 is 1.39 bits per heavy atom. The molecule has 5 nitrogen and oxygen atoms in total. The molecule has 23 heavy (non-hydrogen) atoms. The second-order valence-electron chi connectivity index (χ2n) is 5.42. The van der Waals surface area contributed by atoms with E-state index in [0.717, 1.165) is 30.0 Å². The van der Waals surface area contributed by atoms with Crippen molar-refractivity contribution >= 4 is 45.6 Å². The number of benzene rings is 1. The van der Waals surface area contributed by atoms with Gasteiger partial charge in [0.15, 0.2) is 0 Å². The molecule has 2 aromatic rings. The lowest BCUT2D eigenvalue weighted by atomic mass is 10.0. The first-order valence-corrected chi connectivity index (χ1v) is 8.94. The van der Waals surface area contributed by atoms with Crippen LogP contribution in [-0.4, -0.2) is 27.5 Å². The molecule has 1 unspecified atom stereocenters. The molecule has 1 fully saturated rings. The molecule has 0 saturated carbocycles. The minimum atomic E-state index is -0.00631. The molecule has 0 aliphatic carbocycles. The van der Waals surface area contributed by atoms with Gasteiger partial charge < -0.3 is 10.6 Å². The molecule has 2 N–H and O–H groups in total. The Balaban J connectivity index is 1.70. The van der Waals surface area contributed by atoms with E-state index in [2.05, 4.69) is 10.2 Å². The maximum atomic E-state index is 12.6. The SMILES string of the molecule is Nc1nnc(CCC(=O)N2CCCC2c2cccc(Cl)c2Cl)s1. The molecule has 3 rings (SSSR count).